The lowest BCUT2D eigenvalue weighted by Crippen LogP contribution is -2.09. The Kier molecular flexibility index (Phi) is 7.84. The first kappa shape index (κ1) is 14.7. The van der Waals surface area contributed by atoms with Crippen molar-refractivity contribution in [2.75, 3.05) is 33.5 Å². The molecule has 4 heteroatoms. The minimum atomic E-state index is -0.282. The Hall–Kier alpha value is -1.39. The molecule has 0 N–H and O–H groups in total. The number of rotatable bonds is 9. The molecule has 0 amide bonds. The van der Waals surface area contributed by atoms with Gasteiger partial charge in [-0.25, -0.2) is 4.79 Å². The number of hydrogen-bond acceptors (Lipinski definition) is 4. The Labute approximate surface area is 108 Å². The van der Waals surface area contributed by atoms with E-state index in [2.05, 4.69) is 0 Å². The Balaban J connectivity index is 2.00. The number of ether oxygens (including phenoxy) is 3. The zero-order valence-electron chi connectivity index (χ0n) is 10.8. The van der Waals surface area contributed by atoms with Gasteiger partial charge in [0.1, 0.15) is 0 Å². The van der Waals surface area contributed by atoms with Crippen LogP contribution < -0.4 is 0 Å². The van der Waals surface area contributed by atoms with Gasteiger partial charge in [0.25, 0.3) is 0 Å². The average Bonchev–Trinajstić information content (AvgIpc) is 2.42. The van der Waals surface area contributed by atoms with Gasteiger partial charge in [0, 0.05) is 33.4 Å². The first-order chi connectivity index (χ1) is 8.84. The SMILES string of the molecule is COCCCOCCCOC(=O)c1ccccc1. The molecule has 0 radical (unpaired) electrons. The van der Waals surface area contributed by atoms with Crippen molar-refractivity contribution in [3.8, 4) is 0 Å². The number of benzene rings is 1. The maximum atomic E-state index is 11.5. The Morgan fingerprint density at radius 3 is 2.33 bits per heavy atom. The molecule has 1 rings (SSSR count). The lowest BCUT2D eigenvalue weighted by molar-refractivity contribution is 0.0433. The molecule has 100 valence electrons. The molecule has 0 saturated heterocycles. The van der Waals surface area contributed by atoms with E-state index in [1.54, 1.807) is 19.2 Å². The molecule has 4 nitrogen and oxygen atoms in total. The van der Waals surface area contributed by atoms with Crippen molar-refractivity contribution < 1.29 is 19.0 Å². The van der Waals surface area contributed by atoms with E-state index in [1.165, 1.54) is 0 Å². The largest absolute Gasteiger partial charge is 0.462 e. The van der Waals surface area contributed by atoms with E-state index in [1.807, 2.05) is 18.2 Å². The van der Waals surface area contributed by atoms with Crippen LogP contribution in [0.1, 0.15) is 23.2 Å². The fourth-order valence-electron chi connectivity index (χ4n) is 1.39. The average molecular weight is 252 g/mol. The monoisotopic (exact) mass is 252 g/mol. The van der Waals surface area contributed by atoms with Crippen LogP contribution in [0, 0.1) is 0 Å². The molecule has 0 unspecified atom stereocenters. The molecule has 18 heavy (non-hydrogen) atoms. The highest BCUT2D eigenvalue weighted by Crippen LogP contribution is 2.01. The molecule has 0 fully saturated rings. The van der Waals surface area contributed by atoms with Crippen molar-refractivity contribution >= 4 is 5.97 Å². The number of carbonyl (C=O) groups is 1. The summed E-state index contributed by atoms with van der Waals surface area (Å²) in [6.07, 6.45) is 1.60. The fraction of sp³-hybridized carbons (Fsp3) is 0.500. The third kappa shape index (κ3) is 6.37. The number of esters is 1. The first-order valence-corrected chi connectivity index (χ1v) is 6.13. The highest BCUT2D eigenvalue weighted by molar-refractivity contribution is 5.89. The molecule has 0 aliphatic carbocycles. The molecule has 0 bridgehead atoms. The van der Waals surface area contributed by atoms with Crippen LogP contribution in [0.3, 0.4) is 0 Å². The standard InChI is InChI=1S/C14H20O4/c1-16-9-5-10-17-11-6-12-18-14(15)13-7-3-2-4-8-13/h2-4,7-8H,5-6,9-12H2,1H3. The molecular weight excluding hydrogens is 232 g/mol. The normalized spacial score (nSPS) is 10.3. The van der Waals surface area contributed by atoms with Crippen molar-refractivity contribution in [3.05, 3.63) is 35.9 Å². The van der Waals surface area contributed by atoms with Crippen LogP contribution in [0.2, 0.25) is 0 Å². The van der Waals surface area contributed by atoms with Gasteiger partial charge in [-0.1, -0.05) is 18.2 Å². The molecule has 0 spiro atoms. The summed E-state index contributed by atoms with van der Waals surface area (Å²) in [7, 11) is 1.67. The van der Waals surface area contributed by atoms with Gasteiger partial charge in [0.15, 0.2) is 0 Å². The molecule has 0 atom stereocenters. The van der Waals surface area contributed by atoms with E-state index in [4.69, 9.17) is 14.2 Å². The summed E-state index contributed by atoms with van der Waals surface area (Å²) in [6.45, 7) is 2.38. The van der Waals surface area contributed by atoms with Crippen molar-refractivity contribution in [1.82, 2.24) is 0 Å². The van der Waals surface area contributed by atoms with Crippen molar-refractivity contribution in [1.29, 1.82) is 0 Å². The highest BCUT2D eigenvalue weighted by atomic mass is 16.5. The van der Waals surface area contributed by atoms with Crippen LogP contribution in [-0.4, -0.2) is 39.5 Å². The van der Waals surface area contributed by atoms with Crippen LogP contribution in [0.15, 0.2) is 30.3 Å². The predicted molar refractivity (Wildman–Crippen MR) is 68.7 cm³/mol. The Morgan fingerprint density at radius 2 is 1.67 bits per heavy atom. The van der Waals surface area contributed by atoms with Gasteiger partial charge in [0.2, 0.25) is 0 Å². The summed E-state index contributed by atoms with van der Waals surface area (Å²) in [5.74, 6) is -0.282. The van der Waals surface area contributed by atoms with Gasteiger partial charge in [-0.2, -0.15) is 0 Å². The topological polar surface area (TPSA) is 44.8 Å². The van der Waals surface area contributed by atoms with E-state index in [9.17, 15) is 4.79 Å². The number of hydrogen-bond donors (Lipinski definition) is 0. The van der Waals surface area contributed by atoms with E-state index >= 15 is 0 Å². The summed E-state index contributed by atoms with van der Waals surface area (Å²) in [6, 6.07) is 8.98. The summed E-state index contributed by atoms with van der Waals surface area (Å²) >= 11 is 0. The minimum absolute atomic E-state index is 0.282. The lowest BCUT2D eigenvalue weighted by atomic mass is 10.2. The van der Waals surface area contributed by atoms with E-state index in [0.29, 0.717) is 38.4 Å². The predicted octanol–water partition coefficient (Wildman–Crippen LogP) is 2.29. The molecule has 0 heterocycles. The molecule has 0 aromatic heterocycles. The number of methoxy groups -OCH3 is 1. The molecular formula is C14H20O4. The van der Waals surface area contributed by atoms with Crippen LogP contribution in [0.4, 0.5) is 0 Å². The minimum Gasteiger partial charge on any atom is -0.462 e. The summed E-state index contributed by atoms with van der Waals surface area (Å²) < 4.78 is 15.4. The van der Waals surface area contributed by atoms with Gasteiger partial charge < -0.3 is 14.2 Å². The van der Waals surface area contributed by atoms with Gasteiger partial charge in [-0.15, -0.1) is 0 Å². The van der Waals surface area contributed by atoms with Crippen LogP contribution in [0.25, 0.3) is 0 Å². The first-order valence-electron chi connectivity index (χ1n) is 6.13. The summed E-state index contributed by atoms with van der Waals surface area (Å²) in [4.78, 5) is 11.5. The van der Waals surface area contributed by atoms with E-state index < -0.39 is 0 Å². The van der Waals surface area contributed by atoms with Crippen LogP contribution in [-0.2, 0) is 14.2 Å². The molecule has 1 aromatic rings. The smallest absolute Gasteiger partial charge is 0.338 e. The third-order valence-electron chi connectivity index (χ3n) is 2.31. The van der Waals surface area contributed by atoms with Gasteiger partial charge >= 0.3 is 5.97 Å². The van der Waals surface area contributed by atoms with Crippen molar-refractivity contribution in [2.45, 2.75) is 12.8 Å². The Bertz CT molecular complexity index is 324. The van der Waals surface area contributed by atoms with Crippen molar-refractivity contribution in [2.24, 2.45) is 0 Å². The lowest BCUT2D eigenvalue weighted by Gasteiger charge is -2.05. The summed E-state index contributed by atoms with van der Waals surface area (Å²) in [5.41, 5.74) is 0.582. The molecule has 1 aromatic carbocycles. The van der Waals surface area contributed by atoms with Crippen LogP contribution >= 0.6 is 0 Å². The summed E-state index contributed by atoms with van der Waals surface area (Å²) in [5, 5.41) is 0. The second-order valence-corrected chi connectivity index (χ2v) is 3.81. The maximum absolute atomic E-state index is 11.5. The Morgan fingerprint density at radius 1 is 1.00 bits per heavy atom. The van der Waals surface area contributed by atoms with Crippen LogP contribution in [0.5, 0.6) is 0 Å². The zero-order valence-corrected chi connectivity index (χ0v) is 10.8. The highest BCUT2D eigenvalue weighted by Gasteiger charge is 2.04. The molecule has 0 aliphatic heterocycles. The number of carbonyl (C=O) groups excluding carboxylic acids is 1. The van der Waals surface area contributed by atoms with E-state index in [-0.39, 0.29) is 5.97 Å². The second kappa shape index (κ2) is 9.62. The van der Waals surface area contributed by atoms with Gasteiger partial charge in [0.05, 0.1) is 12.2 Å². The quantitative estimate of drug-likeness (QED) is 0.499. The molecule has 0 saturated carbocycles. The van der Waals surface area contributed by atoms with E-state index in [0.717, 1.165) is 6.42 Å². The third-order valence-corrected chi connectivity index (χ3v) is 2.31. The van der Waals surface area contributed by atoms with Crippen molar-refractivity contribution in [3.63, 3.8) is 0 Å². The molecule has 0 aliphatic rings. The fourth-order valence-corrected chi connectivity index (χ4v) is 1.39. The van der Waals surface area contributed by atoms with Gasteiger partial charge in [-0.3, -0.25) is 0 Å². The maximum Gasteiger partial charge on any atom is 0.338 e. The second-order valence-electron chi connectivity index (χ2n) is 3.81. The zero-order chi connectivity index (χ0) is 13.1. The van der Waals surface area contributed by atoms with Gasteiger partial charge in [-0.05, 0) is 18.6 Å².